The molecular formula is C13H17N3S. The van der Waals surface area contributed by atoms with Crippen molar-refractivity contribution in [3.63, 3.8) is 0 Å². The number of nitrogens with zero attached hydrogens (tertiary/aromatic N) is 2. The fourth-order valence-electron chi connectivity index (χ4n) is 2.46. The van der Waals surface area contributed by atoms with Gasteiger partial charge < -0.3 is 9.55 Å². The summed E-state index contributed by atoms with van der Waals surface area (Å²) in [7, 11) is 0. The highest BCUT2D eigenvalue weighted by Crippen LogP contribution is 2.50. The van der Waals surface area contributed by atoms with Crippen LogP contribution in [-0.2, 0) is 6.54 Å². The van der Waals surface area contributed by atoms with Crippen LogP contribution in [0.25, 0.3) is 11.2 Å². The van der Waals surface area contributed by atoms with E-state index >= 15 is 0 Å². The Morgan fingerprint density at radius 1 is 1.53 bits per heavy atom. The maximum Gasteiger partial charge on any atom is 0.179 e. The topological polar surface area (TPSA) is 33.6 Å². The van der Waals surface area contributed by atoms with Gasteiger partial charge in [0, 0.05) is 12.7 Å². The van der Waals surface area contributed by atoms with Crippen molar-refractivity contribution in [2.75, 3.05) is 0 Å². The van der Waals surface area contributed by atoms with Crippen LogP contribution in [0.3, 0.4) is 0 Å². The monoisotopic (exact) mass is 247 g/mol. The molecule has 0 aromatic carbocycles. The van der Waals surface area contributed by atoms with Crippen LogP contribution < -0.4 is 0 Å². The summed E-state index contributed by atoms with van der Waals surface area (Å²) in [5.41, 5.74) is 3.79. The predicted octanol–water partition coefficient (Wildman–Crippen LogP) is 3.59. The van der Waals surface area contributed by atoms with Crippen LogP contribution in [0.1, 0.15) is 31.7 Å². The first-order valence-corrected chi connectivity index (χ1v) is 6.60. The quantitative estimate of drug-likeness (QED) is 0.841. The number of aromatic amines is 1. The minimum atomic E-state index is 0.485. The van der Waals surface area contributed by atoms with Gasteiger partial charge in [0.25, 0.3) is 0 Å². The van der Waals surface area contributed by atoms with Crippen LogP contribution in [0.5, 0.6) is 0 Å². The van der Waals surface area contributed by atoms with Crippen molar-refractivity contribution >= 4 is 23.4 Å². The fourth-order valence-corrected chi connectivity index (χ4v) is 2.71. The SMILES string of the molecule is CCC1(Cn2c(=S)[nH]c3c(C)ccnc32)CC1. The molecule has 4 heteroatoms. The van der Waals surface area contributed by atoms with Crippen LogP contribution in [0.4, 0.5) is 0 Å². The van der Waals surface area contributed by atoms with Crippen molar-refractivity contribution < 1.29 is 0 Å². The zero-order chi connectivity index (χ0) is 12.0. The van der Waals surface area contributed by atoms with Gasteiger partial charge in [-0.3, -0.25) is 0 Å². The largest absolute Gasteiger partial charge is 0.329 e. The van der Waals surface area contributed by atoms with E-state index < -0.39 is 0 Å². The Morgan fingerprint density at radius 3 is 2.94 bits per heavy atom. The molecule has 0 radical (unpaired) electrons. The van der Waals surface area contributed by atoms with E-state index in [0.29, 0.717) is 5.41 Å². The molecule has 1 saturated carbocycles. The predicted molar refractivity (Wildman–Crippen MR) is 71.6 cm³/mol. The Bertz CT molecular complexity index is 619. The number of nitrogens with one attached hydrogen (secondary N) is 1. The van der Waals surface area contributed by atoms with Gasteiger partial charge in [-0.2, -0.15) is 0 Å². The Labute approximate surface area is 106 Å². The normalized spacial score (nSPS) is 17.5. The standard InChI is InChI=1S/C13H17N3S/c1-3-13(5-6-13)8-16-11-10(15-12(16)17)9(2)4-7-14-11/h4,7H,3,5-6,8H2,1-2H3,(H,15,17). The molecule has 1 fully saturated rings. The van der Waals surface area contributed by atoms with Crippen molar-refractivity contribution in [3.8, 4) is 0 Å². The molecule has 0 saturated heterocycles. The van der Waals surface area contributed by atoms with Crippen LogP contribution in [0.2, 0.25) is 0 Å². The third-order valence-corrected chi connectivity index (χ3v) is 4.40. The van der Waals surface area contributed by atoms with Gasteiger partial charge in [-0.05, 0) is 55.4 Å². The lowest BCUT2D eigenvalue weighted by Crippen LogP contribution is -2.11. The lowest BCUT2D eigenvalue weighted by Gasteiger charge is -2.13. The number of H-pyrrole nitrogens is 1. The summed E-state index contributed by atoms with van der Waals surface area (Å²) in [6, 6.07) is 2.02. The Hall–Kier alpha value is -1.16. The third kappa shape index (κ3) is 1.71. The van der Waals surface area contributed by atoms with Crippen molar-refractivity contribution in [1.82, 2.24) is 14.5 Å². The summed E-state index contributed by atoms with van der Waals surface area (Å²) in [6.45, 7) is 5.37. The Kier molecular flexibility index (Phi) is 2.36. The third-order valence-electron chi connectivity index (χ3n) is 4.07. The smallest absolute Gasteiger partial charge is 0.179 e. The highest BCUT2D eigenvalue weighted by molar-refractivity contribution is 7.71. The van der Waals surface area contributed by atoms with Gasteiger partial charge in [0.15, 0.2) is 10.4 Å². The van der Waals surface area contributed by atoms with E-state index in [1.54, 1.807) is 0 Å². The molecule has 0 unspecified atom stereocenters. The molecule has 0 aliphatic heterocycles. The summed E-state index contributed by atoms with van der Waals surface area (Å²) >= 11 is 5.42. The molecule has 3 nitrogen and oxygen atoms in total. The first-order valence-electron chi connectivity index (χ1n) is 6.19. The van der Waals surface area contributed by atoms with Gasteiger partial charge in [0.1, 0.15) is 0 Å². The Balaban J connectivity index is 2.13. The number of aromatic nitrogens is 3. The van der Waals surface area contributed by atoms with Gasteiger partial charge in [0.2, 0.25) is 0 Å². The van der Waals surface area contributed by atoms with Gasteiger partial charge >= 0.3 is 0 Å². The number of imidazole rings is 1. The fraction of sp³-hybridized carbons (Fsp3) is 0.538. The molecule has 3 rings (SSSR count). The van der Waals surface area contributed by atoms with E-state index in [0.717, 1.165) is 22.5 Å². The zero-order valence-electron chi connectivity index (χ0n) is 10.3. The molecule has 0 atom stereocenters. The molecule has 90 valence electrons. The van der Waals surface area contributed by atoms with Gasteiger partial charge in [0.05, 0.1) is 5.52 Å². The molecule has 2 aromatic rings. The van der Waals surface area contributed by atoms with E-state index in [2.05, 4.69) is 28.4 Å². The van der Waals surface area contributed by atoms with E-state index in [9.17, 15) is 0 Å². The number of hydrogen-bond acceptors (Lipinski definition) is 2. The lowest BCUT2D eigenvalue weighted by molar-refractivity contribution is 0.411. The van der Waals surface area contributed by atoms with E-state index in [4.69, 9.17) is 12.2 Å². The van der Waals surface area contributed by atoms with Crippen LogP contribution >= 0.6 is 12.2 Å². The van der Waals surface area contributed by atoms with Gasteiger partial charge in [-0.1, -0.05) is 6.92 Å². The highest BCUT2D eigenvalue weighted by Gasteiger charge is 2.41. The second-order valence-corrected chi connectivity index (χ2v) is 5.58. The van der Waals surface area contributed by atoms with Crippen molar-refractivity contribution in [2.45, 2.75) is 39.7 Å². The maximum atomic E-state index is 5.42. The number of hydrogen-bond donors (Lipinski definition) is 1. The van der Waals surface area contributed by atoms with Gasteiger partial charge in [-0.15, -0.1) is 0 Å². The average Bonchev–Trinajstić information content (AvgIpc) is 3.02. The average molecular weight is 247 g/mol. The number of aryl methyl sites for hydroxylation is 1. The van der Waals surface area contributed by atoms with Crippen LogP contribution in [0.15, 0.2) is 12.3 Å². The minimum Gasteiger partial charge on any atom is -0.329 e. The summed E-state index contributed by atoms with van der Waals surface area (Å²) in [5.74, 6) is 0. The van der Waals surface area contributed by atoms with E-state index in [1.165, 1.54) is 24.8 Å². The molecule has 1 N–H and O–H groups in total. The minimum absolute atomic E-state index is 0.485. The van der Waals surface area contributed by atoms with Crippen molar-refractivity contribution in [2.24, 2.45) is 5.41 Å². The van der Waals surface area contributed by atoms with Gasteiger partial charge in [-0.25, -0.2) is 4.98 Å². The second-order valence-electron chi connectivity index (χ2n) is 5.20. The lowest BCUT2D eigenvalue weighted by atomic mass is 10.0. The maximum absolute atomic E-state index is 5.42. The first kappa shape index (κ1) is 11.0. The first-order chi connectivity index (χ1) is 8.15. The number of rotatable bonds is 3. The molecule has 1 aliphatic carbocycles. The number of fused-ring (bicyclic) bond motifs is 1. The van der Waals surface area contributed by atoms with E-state index in [1.807, 2.05) is 12.3 Å². The molecule has 0 bridgehead atoms. The van der Waals surface area contributed by atoms with E-state index in [-0.39, 0.29) is 0 Å². The summed E-state index contributed by atoms with van der Waals surface area (Å²) in [5, 5.41) is 0. The molecule has 1 aliphatic rings. The van der Waals surface area contributed by atoms with Crippen LogP contribution in [0, 0.1) is 17.1 Å². The molecule has 2 heterocycles. The number of pyridine rings is 1. The molecule has 2 aromatic heterocycles. The zero-order valence-corrected chi connectivity index (χ0v) is 11.1. The summed E-state index contributed by atoms with van der Waals surface area (Å²) in [4.78, 5) is 7.76. The molecule has 17 heavy (non-hydrogen) atoms. The van der Waals surface area contributed by atoms with Crippen molar-refractivity contribution in [1.29, 1.82) is 0 Å². The highest BCUT2D eigenvalue weighted by atomic mass is 32.1. The second kappa shape index (κ2) is 3.67. The summed E-state index contributed by atoms with van der Waals surface area (Å²) < 4.78 is 2.98. The molecular weight excluding hydrogens is 230 g/mol. The summed E-state index contributed by atoms with van der Waals surface area (Å²) in [6.07, 6.45) is 5.74. The Morgan fingerprint density at radius 2 is 2.29 bits per heavy atom. The van der Waals surface area contributed by atoms with Crippen LogP contribution in [-0.4, -0.2) is 14.5 Å². The molecule has 0 amide bonds. The molecule has 0 spiro atoms. The van der Waals surface area contributed by atoms with Crippen molar-refractivity contribution in [3.05, 3.63) is 22.6 Å².